The van der Waals surface area contributed by atoms with Gasteiger partial charge in [-0.15, -0.1) is 0 Å². The lowest BCUT2D eigenvalue weighted by Gasteiger charge is -2.26. The Morgan fingerprint density at radius 2 is 2.00 bits per heavy atom. The fourth-order valence-electron chi connectivity index (χ4n) is 4.40. The van der Waals surface area contributed by atoms with E-state index in [1.165, 1.54) is 12.8 Å². The SMILES string of the molecule is CCOC(C)n1cc(-c2ccnc(N[C@H]3CC[C@H](C)CC3)n2)n(-c2cccc(C)c2)c1=O. The molecule has 0 bridgehead atoms. The number of imidazole rings is 1. The molecule has 1 aromatic carbocycles. The summed E-state index contributed by atoms with van der Waals surface area (Å²) in [7, 11) is 0. The second-order valence-corrected chi connectivity index (χ2v) is 8.80. The van der Waals surface area contributed by atoms with Crippen molar-refractivity contribution in [3.8, 4) is 17.1 Å². The van der Waals surface area contributed by atoms with Crippen LogP contribution >= 0.6 is 0 Å². The van der Waals surface area contributed by atoms with E-state index in [9.17, 15) is 4.79 Å². The van der Waals surface area contributed by atoms with Crippen molar-refractivity contribution in [1.29, 1.82) is 0 Å². The molecule has 170 valence electrons. The first-order valence-corrected chi connectivity index (χ1v) is 11.6. The number of benzene rings is 1. The lowest BCUT2D eigenvalue weighted by molar-refractivity contribution is 0.0223. The van der Waals surface area contributed by atoms with Crippen molar-refractivity contribution in [3.05, 3.63) is 58.8 Å². The van der Waals surface area contributed by atoms with Gasteiger partial charge in [0.1, 0.15) is 6.23 Å². The molecule has 1 unspecified atom stereocenters. The van der Waals surface area contributed by atoms with Crippen molar-refractivity contribution in [1.82, 2.24) is 19.1 Å². The van der Waals surface area contributed by atoms with Crippen molar-refractivity contribution >= 4 is 5.95 Å². The molecule has 0 spiro atoms. The molecular weight excluding hydrogens is 402 g/mol. The largest absolute Gasteiger partial charge is 0.358 e. The van der Waals surface area contributed by atoms with Gasteiger partial charge in [0.25, 0.3) is 0 Å². The molecule has 2 aromatic heterocycles. The van der Waals surface area contributed by atoms with E-state index < -0.39 is 0 Å². The van der Waals surface area contributed by atoms with E-state index in [0.717, 1.165) is 35.7 Å². The normalized spacial score (nSPS) is 19.6. The van der Waals surface area contributed by atoms with Crippen LogP contribution in [0.2, 0.25) is 0 Å². The highest BCUT2D eigenvalue weighted by Gasteiger charge is 2.21. The molecule has 32 heavy (non-hydrogen) atoms. The summed E-state index contributed by atoms with van der Waals surface area (Å²) in [5.41, 5.74) is 3.16. The van der Waals surface area contributed by atoms with Crippen molar-refractivity contribution in [2.75, 3.05) is 11.9 Å². The van der Waals surface area contributed by atoms with Crippen LogP contribution in [0.25, 0.3) is 17.1 Å². The van der Waals surface area contributed by atoms with Crippen LogP contribution in [-0.4, -0.2) is 31.8 Å². The summed E-state index contributed by atoms with van der Waals surface area (Å²) in [5, 5.41) is 3.50. The second kappa shape index (κ2) is 9.69. The molecule has 0 saturated heterocycles. The molecule has 1 aliphatic carbocycles. The monoisotopic (exact) mass is 435 g/mol. The fourth-order valence-corrected chi connectivity index (χ4v) is 4.40. The van der Waals surface area contributed by atoms with Gasteiger partial charge in [0.15, 0.2) is 0 Å². The highest BCUT2D eigenvalue weighted by Crippen LogP contribution is 2.27. The van der Waals surface area contributed by atoms with Crippen LogP contribution < -0.4 is 11.0 Å². The molecule has 0 radical (unpaired) electrons. The summed E-state index contributed by atoms with van der Waals surface area (Å²) < 4.78 is 9.04. The molecule has 7 heteroatoms. The van der Waals surface area contributed by atoms with Crippen LogP contribution in [0.5, 0.6) is 0 Å². The van der Waals surface area contributed by atoms with Crippen molar-refractivity contribution < 1.29 is 4.74 Å². The Kier molecular flexibility index (Phi) is 6.74. The average molecular weight is 436 g/mol. The van der Waals surface area contributed by atoms with Crippen molar-refractivity contribution in [2.45, 2.75) is 65.6 Å². The Morgan fingerprint density at radius 3 is 2.72 bits per heavy atom. The minimum absolute atomic E-state index is 0.152. The van der Waals surface area contributed by atoms with Crippen LogP contribution in [0.15, 0.2) is 47.5 Å². The number of anilines is 1. The summed E-state index contributed by atoms with van der Waals surface area (Å²) >= 11 is 0. The Morgan fingerprint density at radius 1 is 1.22 bits per heavy atom. The van der Waals surface area contributed by atoms with Gasteiger partial charge in [-0.3, -0.25) is 9.13 Å². The summed E-state index contributed by atoms with van der Waals surface area (Å²) in [6.07, 6.45) is 7.92. The van der Waals surface area contributed by atoms with E-state index in [-0.39, 0.29) is 11.9 Å². The van der Waals surface area contributed by atoms with E-state index in [0.29, 0.717) is 24.3 Å². The van der Waals surface area contributed by atoms with Gasteiger partial charge in [-0.2, -0.15) is 0 Å². The lowest BCUT2D eigenvalue weighted by atomic mass is 9.87. The zero-order valence-electron chi connectivity index (χ0n) is 19.4. The topological polar surface area (TPSA) is 74.0 Å². The number of ether oxygens (including phenoxy) is 1. The molecule has 1 aliphatic rings. The zero-order chi connectivity index (χ0) is 22.7. The summed E-state index contributed by atoms with van der Waals surface area (Å²) in [6.45, 7) is 8.67. The molecule has 4 rings (SSSR count). The Hall–Kier alpha value is -2.93. The maximum Gasteiger partial charge on any atom is 0.335 e. The van der Waals surface area contributed by atoms with Crippen molar-refractivity contribution in [2.24, 2.45) is 5.92 Å². The average Bonchev–Trinajstić information content (AvgIpc) is 3.13. The van der Waals surface area contributed by atoms with Gasteiger partial charge < -0.3 is 10.1 Å². The first kappa shape index (κ1) is 22.3. The Balaban J connectivity index is 1.74. The van der Waals surface area contributed by atoms with E-state index >= 15 is 0 Å². The molecular formula is C25H33N5O2. The maximum absolute atomic E-state index is 13.4. The smallest absolute Gasteiger partial charge is 0.335 e. The molecule has 0 aliphatic heterocycles. The van der Waals surface area contributed by atoms with E-state index in [2.05, 4.69) is 17.2 Å². The number of rotatable bonds is 7. The van der Waals surface area contributed by atoms with Gasteiger partial charge in [0, 0.05) is 25.0 Å². The van der Waals surface area contributed by atoms with Gasteiger partial charge in [-0.05, 0) is 76.1 Å². The summed E-state index contributed by atoms with van der Waals surface area (Å²) in [6, 6.07) is 10.2. The summed E-state index contributed by atoms with van der Waals surface area (Å²) in [4.78, 5) is 22.6. The lowest BCUT2D eigenvalue weighted by Crippen LogP contribution is -2.27. The molecule has 1 fully saturated rings. The van der Waals surface area contributed by atoms with Crippen LogP contribution in [0.3, 0.4) is 0 Å². The molecule has 1 N–H and O–H groups in total. The number of nitrogens with zero attached hydrogens (tertiary/aromatic N) is 4. The first-order valence-electron chi connectivity index (χ1n) is 11.6. The standard InChI is InChI=1S/C25H33N5O2/c1-5-32-19(4)29-16-23(30(25(29)31)21-8-6-7-18(3)15-21)22-13-14-26-24(28-22)27-20-11-9-17(2)10-12-20/h6-8,13-17,19-20H,5,9-12H2,1-4H3,(H,26,27,28)/t17-,19?,20-. The third kappa shape index (κ3) is 4.78. The highest BCUT2D eigenvalue weighted by molar-refractivity contribution is 5.59. The fraction of sp³-hybridized carbons (Fsp3) is 0.480. The molecule has 0 amide bonds. The predicted octanol–water partition coefficient (Wildman–Crippen LogP) is 4.95. The minimum Gasteiger partial charge on any atom is -0.358 e. The number of aromatic nitrogens is 4. The Labute approximate surface area is 189 Å². The first-order chi connectivity index (χ1) is 15.5. The molecule has 1 atom stereocenters. The number of aryl methyl sites for hydroxylation is 1. The van der Waals surface area contributed by atoms with Gasteiger partial charge in [0.05, 0.1) is 17.1 Å². The van der Waals surface area contributed by atoms with Crippen LogP contribution in [0.4, 0.5) is 5.95 Å². The minimum atomic E-state index is -0.374. The van der Waals surface area contributed by atoms with Crippen molar-refractivity contribution in [3.63, 3.8) is 0 Å². The van der Waals surface area contributed by atoms with Gasteiger partial charge >= 0.3 is 5.69 Å². The Bertz CT molecular complexity index is 1110. The third-order valence-corrected chi connectivity index (χ3v) is 6.24. The molecule has 7 nitrogen and oxygen atoms in total. The van der Waals surface area contributed by atoms with E-state index in [1.54, 1.807) is 15.3 Å². The number of hydrogen-bond acceptors (Lipinski definition) is 5. The number of nitrogens with one attached hydrogen (secondary N) is 1. The third-order valence-electron chi connectivity index (χ3n) is 6.24. The second-order valence-electron chi connectivity index (χ2n) is 8.80. The molecule has 1 saturated carbocycles. The predicted molar refractivity (Wildman–Crippen MR) is 127 cm³/mol. The summed E-state index contributed by atoms with van der Waals surface area (Å²) in [5.74, 6) is 1.40. The van der Waals surface area contributed by atoms with Crippen LogP contribution in [-0.2, 0) is 4.74 Å². The maximum atomic E-state index is 13.4. The number of hydrogen-bond donors (Lipinski definition) is 1. The van der Waals surface area contributed by atoms with Gasteiger partial charge in [-0.25, -0.2) is 14.8 Å². The molecule has 2 heterocycles. The molecule has 3 aromatic rings. The highest BCUT2D eigenvalue weighted by atomic mass is 16.5. The van der Waals surface area contributed by atoms with Crippen LogP contribution in [0, 0.1) is 12.8 Å². The quantitative estimate of drug-likeness (QED) is 0.568. The zero-order valence-corrected chi connectivity index (χ0v) is 19.4. The van der Waals surface area contributed by atoms with E-state index in [1.807, 2.05) is 57.3 Å². The van der Waals surface area contributed by atoms with Crippen LogP contribution in [0.1, 0.15) is 58.2 Å². The van der Waals surface area contributed by atoms with E-state index in [4.69, 9.17) is 9.72 Å². The van der Waals surface area contributed by atoms with Gasteiger partial charge in [-0.1, -0.05) is 19.1 Å². The van der Waals surface area contributed by atoms with Gasteiger partial charge in [0.2, 0.25) is 5.95 Å².